The van der Waals surface area contributed by atoms with Gasteiger partial charge in [-0.05, 0) is 18.2 Å². The van der Waals surface area contributed by atoms with Gasteiger partial charge in [0.1, 0.15) is 11.6 Å². The summed E-state index contributed by atoms with van der Waals surface area (Å²) in [5.74, 6) is -0.827. The van der Waals surface area contributed by atoms with Gasteiger partial charge in [0.15, 0.2) is 0 Å². The fourth-order valence-electron chi connectivity index (χ4n) is 1.55. The molecule has 1 rings (SSSR count). The number of hydrogen-bond donors (Lipinski definition) is 2. The number of likely N-dealkylation sites (N-methyl/N-ethyl adjacent to an activating group) is 1. The Kier molecular flexibility index (Phi) is 5.95. The summed E-state index contributed by atoms with van der Waals surface area (Å²) in [6.45, 7) is 0.0446. The minimum absolute atomic E-state index is 0.0641. The van der Waals surface area contributed by atoms with Gasteiger partial charge in [0.05, 0.1) is 12.2 Å². The Hall–Kier alpha value is -2.53. The zero-order valence-corrected chi connectivity index (χ0v) is 11.7. The lowest BCUT2D eigenvalue weighted by atomic mass is 10.2. The topological polar surface area (TPSA) is 76.4 Å². The summed E-state index contributed by atoms with van der Waals surface area (Å²) in [7, 11) is 1.55. The van der Waals surface area contributed by atoms with E-state index in [4.69, 9.17) is 10.4 Å². The summed E-state index contributed by atoms with van der Waals surface area (Å²) < 4.78 is 37.7. The van der Waals surface area contributed by atoms with Crippen molar-refractivity contribution in [2.75, 3.05) is 25.5 Å². The number of halogens is 3. The molecule has 0 saturated carbocycles. The van der Waals surface area contributed by atoms with E-state index in [1.54, 1.807) is 13.1 Å². The molecule has 8 heteroatoms. The molecule has 22 heavy (non-hydrogen) atoms. The highest BCUT2D eigenvalue weighted by Gasteiger charge is 2.30. The standard InChI is InChI=1S/C14H14F3N3O2/c1-20(5-6-21)9-10(8-18)13(22)19-12-4-2-3-11(7-12)14(15,16)17/h2-4,7,9,21H,5-6H2,1H3,(H,19,22)/b10-9-. The number of nitrogens with one attached hydrogen (secondary N) is 1. The van der Waals surface area contributed by atoms with Crippen molar-refractivity contribution in [3.05, 3.63) is 41.6 Å². The second-order valence-electron chi connectivity index (χ2n) is 4.39. The molecular weight excluding hydrogens is 299 g/mol. The first-order valence-electron chi connectivity index (χ1n) is 6.19. The summed E-state index contributed by atoms with van der Waals surface area (Å²) in [6, 6.07) is 5.77. The highest BCUT2D eigenvalue weighted by Crippen LogP contribution is 2.30. The molecule has 2 N–H and O–H groups in total. The number of rotatable bonds is 5. The second kappa shape index (κ2) is 7.47. The molecule has 0 heterocycles. The molecule has 5 nitrogen and oxygen atoms in total. The fourth-order valence-corrected chi connectivity index (χ4v) is 1.55. The minimum Gasteiger partial charge on any atom is -0.395 e. The molecule has 0 radical (unpaired) electrons. The Bertz CT molecular complexity index is 606. The maximum Gasteiger partial charge on any atom is 0.416 e. The minimum atomic E-state index is -4.52. The van der Waals surface area contributed by atoms with Crippen LogP contribution in [0.5, 0.6) is 0 Å². The average molecular weight is 313 g/mol. The van der Waals surface area contributed by atoms with Crippen molar-refractivity contribution in [3.8, 4) is 6.07 Å². The lowest BCUT2D eigenvalue weighted by molar-refractivity contribution is -0.137. The molecule has 118 valence electrons. The number of hydrogen-bond acceptors (Lipinski definition) is 4. The second-order valence-corrected chi connectivity index (χ2v) is 4.39. The number of amides is 1. The number of carbonyl (C=O) groups excluding carboxylic acids is 1. The summed E-state index contributed by atoms with van der Waals surface area (Å²) >= 11 is 0. The predicted molar refractivity (Wildman–Crippen MR) is 73.5 cm³/mol. The molecule has 0 bridgehead atoms. The van der Waals surface area contributed by atoms with E-state index in [1.165, 1.54) is 17.2 Å². The van der Waals surface area contributed by atoms with Crippen LogP contribution in [0.4, 0.5) is 18.9 Å². The van der Waals surface area contributed by atoms with Gasteiger partial charge in [-0.1, -0.05) is 6.07 Å². The van der Waals surface area contributed by atoms with Crippen molar-refractivity contribution in [3.63, 3.8) is 0 Å². The van der Waals surface area contributed by atoms with Crippen molar-refractivity contribution >= 4 is 11.6 Å². The van der Waals surface area contributed by atoms with Crippen molar-refractivity contribution < 1.29 is 23.1 Å². The fraction of sp³-hybridized carbons (Fsp3) is 0.286. The van der Waals surface area contributed by atoms with Crippen LogP contribution in [-0.2, 0) is 11.0 Å². The SMILES string of the molecule is CN(/C=C(/C#N)C(=O)Nc1cccc(C(F)(F)F)c1)CCO. The van der Waals surface area contributed by atoms with E-state index in [2.05, 4.69) is 5.32 Å². The van der Waals surface area contributed by atoms with Gasteiger partial charge in [0, 0.05) is 25.5 Å². The van der Waals surface area contributed by atoms with E-state index in [9.17, 15) is 18.0 Å². The largest absolute Gasteiger partial charge is 0.416 e. The summed E-state index contributed by atoms with van der Waals surface area (Å²) in [5, 5.41) is 19.9. The number of aliphatic hydroxyl groups is 1. The van der Waals surface area contributed by atoms with Gasteiger partial charge in [-0.3, -0.25) is 4.79 Å². The van der Waals surface area contributed by atoms with Crippen LogP contribution in [0.1, 0.15) is 5.56 Å². The van der Waals surface area contributed by atoms with E-state index < -0.39 is 17.6 Å². The maximum atomic E-state index is 12.6. The monoisotopic (exact) mass is 313 g/mol. The van der Waals surface area contributed by atoms with Crippen molar-refractivity contribution in [2.24, 2.45) is 0 Å². The van der Waals surface area contributed by atoms with Gasteiger partial charge in [-0.25, -0.2) is 0 Å². The van der Waals surface area contributed by atoms with E-state index in [0.717, 1.165) is 18.2 Å². The van der Waals surface area contributed by atoms with Crippen LogP contribution >= 0.6 is 0 Å². The molecule has 0 fully saturated rings. The lowest BCUT2D eigenvalue weighted by Crippen LogP contribution is -2.20. The Morgan fingerprint density at radius 3 is 2.73 bits per heavy atom. The number of alkyl halides is 3. The van der Waals surface area contributed by atoms with E-state index in [-0.39, 0.29) is 24.4 Å². The van der Waals surface area contributed by atoms with Crippen LogP contribution in [0.25, 0.3) is 0 Å². The van der Waals surface area contributed by atoms with E-state index >= 15 is 0 Å². The number of benzene rings is 1. The molecule has 1 aromatic rings. The molecule has 0 unspecified atom stereocenters. The van der Waals surface area contributed by atoms with Crippen LogP contribution < -0.4 is 5.32 Å². The van der Waals surface area contributed by atoms with Crippen molar-refractivity contribution in [2.45, 2.75) is 6.18 Å². The quantitative estimate of drug-likeness (QED) is 0.644. The molecule has 1 amide bonds. The van der Waals surface area contributed by atoms with E-state index in [0.29, 0.717) is 0 Å². The Labute approximate surface area is 125 Å². The number of nitriles is 1. The first-order chi connectivity index (χ1) is 10.3. The molecule has 0 aromatic heterocycles. The first-order valence-corrected chi connectivity index (χ1v) is 6.19. The highest BCUT2D eigenvalue weighted by molar-refractivity contribution is 6.06. The van der Waals surface area contributed by atoms with Crippen LogP contribution in [-0.4, -0.2) is 36.1 Å². The molecule has 0 saturated heterocycles. The van der Waals surface area contributed by atoms with Crippen LogP contribution in [0.2, 0.25) is 0 Å². The van der Waals surface area contributed by atoms with Crippen molar-refractivity contribution in [1.29, 1.82) is 5.26 Å². The summed E-state index contributed by atoms with van der Waals surface area (Å²) in [6.07, 6.45) is -3.31. The third kappa shape index (κ3) is 5.10. The van der Waals surface area contributed by atoms with Crippen LogP contribution in [0.15, 0.2) is 36.0 Å². The summed E-state index contributed by atoms with van der Waals surface area (Å²) in [4.78, 5) is 13.3. The Balaban J connectivity index is 2.90. The molecular formula is C14H14F3N3O2. The Morgan fingerprint density at radius 1 is 1.50 bits per heavy atom. The zero-order chi connectivity index (χ0) is 16.8. The number of carbonyl (C=O) groups is 1. The van der Waals surface area contributed by atoms with Crippen molar-refractivity contribution in [1.82, 2.24) is 4.90 Å². The van der Waals surface area contributed by atoms with E-state index in [1.807, 2.05) is 0 Å². The van der Waals surface area contributed by atoms with Gasteiger partial charge >= 0.3 is 6.18 Å². The van der Waals surface area contributed by atoms with Gasteiger partial charge in [0.25, 0.3) is 5.91 Å². The van der Waals surface area contributed by atoms with Crippen LogP contribution in [0, 0.1) is 11.3 Å². The third-order valence-corrected chi connectivity index (χ3v) is 2.62. The average Bonchev–Trinajstić information content (AvgIpc) is 2.44. The lowest BCUT2D eigenvalue weighted by Gasteiger charge is -2.13. The van der Waals surface area contributed by atoms with Gasteiger partial charge in [0.2, 0.25) is 0 Å². The first kappa shape index (κ1) is 17.5. The smallest absolute Gasteiger partial charge is 0.395 e. The highest BCUT2D eigenvalue weighted by atomic mass is 19.4. The molecule has 0 spiro atoms. The third-order valence-electron chi connectivity index (χ3n) is 2.62. The maximum absolute atomic E-state index is 12.6. The number of aliphatic hydroxyl groups excluding tert-OH is 1. The van der Waals surface area contributed by atoms with Gasteiger partial charge < -0.3 is 15.3 Å². The number of nitrogens with zero attached hydrogens (tertiary/aromatic N) is 2. The Morgan fingerprint density at radius 2 is 2.18 bits per heavy atom. The van der Waals surface area contributed by atoms with Crippen LogP contribution in [0.3, 0.4) is 0 Å². The molecule has 0 aliphatic carbocycles. The zero-order valence-electron chi connectivity index (χ0n) is 11.7. The number of anilines is 1. The molecule has 0 atom stereocenters. The molecule has 0 aliphatic rings. The molecule has 1 aromatic carbocycles. The summed E-state index contributed by atoms with van der Waals surface area (Å²) in [5.41, 5.74) is -1.25. The normalized spacial score (nSPS) is 11.7. The van der Waals surface area contributed by atoms with Gasteiger partial charge in [-0.2, -0.15) is 18.4 Å². The predicted octanol–water partition coefficient (Wildman–Crippen LogP) is 1.98. The molecule has 0 aliphatic heterocycles. The van der Waals surface area contributed by atoms with Gasteiger partial charge in [-0.15, -0.1) is 0 Å².